The molecule has 0 aromatic heterocycles. The summed E-state index contributed by atoms with van der Waals surface area (Å²) in [4.78, 5) is 0. The Morgan fingerprint density at radius 2 is 1.17 bits per heavy atom. The SMILES string of the molecule is C=C(/C=C\C(C)=C(C)C)CCC.C=S.CC.CC.CCC.CCCC(C)(C)CC. The van der Waals surface area contributed by atoms with Crippen molar-refractivity contribution in [3.8, 4) is 0 Å². The van der Waals surface area contributed by atoms with Crippen LogP contribution in [-0.4, -0.2) is 5.87 Å². The minimum atomic E-state index is 0.592. The first-order valence-electron chi connectivity index (χ1n) is 11.9. The molecule has 0 atom stereocenters. The van der Waals surface area contributed by atoms with Gasteiger partial charge in [0.15, 0.2) is 0 Å². The second kappa shape index (κ2) is 38.0. The molecule has 0 bridgehead atoms. The largest absolute Gasteiger partial charge is 0.0973 e. The van der Waals surface area contributed by atoms with Gasteiger partial charge in [-0.15, -0.1) is 0 Å². The van der Waals surface area contributed by atoms with Crippen molar-refractivity contribution in [1.29, 1.82) is 0 Å². The molecule has 29 heavy (non-hydrogen) atoms. The van der Waals surface area contributed by atoms with Crippen molar-refractivity contribution in [3.05, 3.63) is 35.5 Å². The summed E-state index contributed by atoms with van der Waals surface area (Å²) in [5.74, 6) is 2.83. The van der Waals surface area contributed by atoms with Gasteiger partial charge in [-0.05, 0) is 44.9 Å². The fraction of sp³-hybridized carbons (Fsp3) is 0.750. The second-order valence-corrected chi connectivity index (χ2v) is 7.40. The molecule has 0 heterocycles. The predicted octanol–water partition coefficient (Wildman–Crippen LogP) is 11.6. The Hall–Kier alpha value is -0.690. The van der Waals surface area contributed by atoms with E-state index in [0.717, 1.165) is 6.42 Å². The lowest BCUT2D eigenvalue weighted by molar-refractivity contribution is 0.319. The molecular formula is C28H60S. The van der Waals surface area contributed by atoms with Crippen molar-refractivity contribution in [1.82, 2.24) is 0 Å². The molecular weight excluding hydrogens is 368 g/mol. The highest BCUT2D eigenvalue weighted by molar-refractivity contribution is 7.77. The van der Waals surface area contributed by atoms with E-state index in [-0.39, 0.29) is 0 Å². The van der Waals surface area contributed by atoms with Crippen molar-refractivity contribution in [2.75, 3.05) is 0 Å². The van der Waals surface area contributed by atoms with E-state index in [1.165, 1.54) is 48.8 Å². The molecule has 0 nitrogen and oxygen atoms in total. The van der Waals surface area contributed by atoms with Gasteiger partial charge in [-0.25, -0.2) is 0 Å². The molecule has 0 saturated carbocycles. The smallest absolute Gasteiger partial charge is 0.0287 e. The molecule has 0 spiro atoms. The lowest BCUT2D eigenvalue weighted by Crippen LogP contribution is -2.07. The molecule has 0 aliphatic heterocycles. The molecule has 0 radical (unpaired) electrons. The Labute approximate surface area is 194 Å². The zero-order valence-corrected chi connectivity index (χ0v) is 24.0. The van der Waals surface area contributed by atoms with E-state index in [1.54, 1.807) is 0 Å². The zero-order chi connectivity index (χ0) is 24.9. The van der Waals surface area contributed by atoms with Crippen LogP contribution in [0.25, 0.3) is 0 Å². The fourth-order valence-corrected chi connectivity index (χ4v) is 1.67. The topological polar surface area (TPSA) is 0 Å². The first-order valence-corrected chi connectivity index (χ1v) is 12.5. The Bertz CT molecular complexity index is 341. The summed E-state index contributed by atoms with van der Waals surface area (Å²) in [6.45, 7) is 33.9. The summed E-state index contributed by atoms with van der Waals surface area (Å²) >= 11 is 3.83. The van der Waals surface area contributed by atoms with Crippen molar-refractivity contribution < 1.29 is 0 Å². The van der Waals surface area contributed by atoms with E-state index in [1.807, 2.05) is 27.7 Å². The van der Waals surface area contributed by atoms with Gasteiger partial charge in [0.2, 0.25) is 0 Å². The lowest BCUT2D eigenvalue weighted by atomic mass is 9.86. The fourth-order valence-electron chi connectivity index (χ4n) is 1.67. The van der Waals surface area contributed by atoms with Crippen LogP contribution in [0.15, 0.2) is 35.5 Å². The summed E-state index contributed by atoms with van der Waals surface area (Å²) in [7, 11) is 0. The molecule has 178 valence electrons. The van der Waals surface area contributed by atoms with E-state index in [9.17, 15) is 0 Å². The van der Waals surface area contributed by atoms with Crippen molar-refractivity contribution in [2.24, 2.45) is 5.41 Å². The number of rotatable bonds is 7. The average molecular weight is 429 g/mol. The highest BCUT2D eigenvalue weighted by Crippen LogP contribution is 2.25. The normalized spacial score (nSPS) is 8.76. The van der Waals surface area contributed by atoms with Crippen LogP contribution >= 0.6 is 12.2 Å². The quantitative estimate of drug-likeness (QED) is 0.287. The summed E-state index contributed by atoms with van der Waals surface area (Å²) in [6.07, 6.45) is 11.8. The Morgan fingerprint density at radius 3 is 1.38 bits per heavy atom. The minimum absolute atomic E-state index is 0.592. The van der Waals surface area contributed by atoms with Gasteiger partial charge in [-0.1, -0.05) is 150 Å². The van der Waals surface area contributed by atoms with Crippen LogP contribution in [0.1, 0.15) is 135 Å². The van der Waals surface area contributed by atoms with Gasteiger partial charge in [-0.2, -0.15) is 0 Å². The molecule has 0 N–H and O–H groups in total. The third-order valence-electron chi connectivity index (χ3n) is 3.81. The molecule has 0 amide bonds. The van der Waals surface area contributed by atoms with Crippen LogP contribution in [0.2, 0.25) is 0 Å². The van der Waals surface area contributed by atoms with Crippen LogP contribution in [-0.2, 0) is 0 Å². The molecule has 0 fully saturated rings. The molecule has 0 saturated heterocycles. The monoisotopic (exact) mass is 428 g/mol. The van der Waals surface area contributed by atoms with E-state index in [4.69, 9.17) is 0 Å². The summed E-state index contributed by atoms with van der Waals surface area (Å²) in [5, 5.41) is 0. The molecule has 0 aliphatic carbocycles. The zero-order valence-electron chi connectivity index (χ0n) is 23.2. The first kappa shape index (κ1) is 42.4. The Kier molecular flexibility index (Phi) is 55.6. The van der Waals surface area contributed by atoms with E-state index >= 15 is 0 Å². The minimum Gasteiger partial charge on any atom is -0.0973 e. The first-order chi connectivity index (χ1) is 13.6. The number of allylic oxidation sites excluding steroid dienone is 5. The summed E-state index contributed by atoms with van der Waals surface area (Å²) in [5.41, 5.74) is 4.52. The van der Waals surface area contributed by atoms with Crippen LogP contribution in [0.3, 0.4) is 0 Å². The van der Waals surface area contributed by atoms with Crippen LogP contribution in [0.5, 0.6) is 0 Å². The maximum absolute atomic E-state index is 3.97. The Morgan fingerprint density at radius 1 is 0.793 bits per heavy atom. The maximum atomic E-state index is 3.97. The third-order valence-corrected chi connectivity index (χ3v) is 3.81. The van der Waals surface area contributed by atoms with Crippen molar-refractivity contribution in [2.45, 2.75) is 135 Å². The number of thiocarbonyl (C=S) groups is 1. The third kappa shape index (κ3) is 52.2. The van der Waals surface area contributed by atoms with Gasteiger partial charge < -0.3 is 0 Å². The van der Waals surface area contributed by atoms with Gasteiger partial charge in [0.1, 0.15) is 0 Å². The van der Waals surface area contributed by atoms with Crippen LogP contribution in [0.4, 0.5) is 0 Å². The van der Waals surface area contributed by atoms with Crippen LogP contribution < -0.4 is 0 Å². The number of hydrogen-bond acceptors (Lipinski definition) is 1. The maximum Gasteiger partial charge on any atom is -0.0287 e. The number of hydrogen-bond donors (Lipinski definition) is 0. The van der Waals surface area contributed by atoms with Crippen molar-refractivity contribution >= 4 is 18.1 Å². The van der Waals surface area contributed by atoms with Gasteiger partial charge in [-0.3, -0.25) is 0 Å². The molecule has 0 unspecified atom stereocenters. The summed E-state index contributed by atoms with van der Waals surface area (Å²) in [6, 6.07) is 0. The predicted molar refractivity (Wildman–Crippen MR) is 150 cm³/mol. The Balaban J connectivity index is -0.0000000672. The molecule has 0 aromatic carbocycles. The van der Waals surface area contributed by atoms with Gasteiger partial charge in [0, 0.05) is 0 Å². The molecule has 0 aliphatic rings. The average Bonchev–Trinajstić information content (AvgIpc) is 2.72. The van der Waals surface area contributed by atoms with Gasteiger partial charge in [0.05, 0.1) is 0 Å². The van der Waals surface area contributed by atoms with Crippen LogP contribution in [0, 0.1) is 5.41 Å². The van der Waals surface area contributed by atoms with E-state index in [0.29, 0.717) is 5.41 Å². The molecule has 0 rings (SSSR count). The summed E-state index contributed by atoms with van der Waals surface area (Å²) < 4.78 is 0. The van der Waals surface area contributed by atoms with Gasteiger partial charge >= 0.3 is 0 Å². The highest BCUT2D eigenvalue weighted by Gasteiger charge is 2.11. The highest BCUT2D eigenvalue weighted by atomic mass is 32.1. The van der Waals surface area contributed by atoms with Gasteiger partial charge in [0.25, 0.3) is 0 Å². The van der Waals surface area contributed by atoms with E-state index in [2.05, 4.69) is 106 Å². The lowest BCUT2D eigenvalue weighted by Gasteiger charge is -2.20. The second-order valence-electron chi connectivity index (χ2n) is 7.40. The van der Waals surface area contributed by atoms with E-state index < -0.39 is 0 Å². The molecule has 0 aromatic rings. The standard InChI is InChI=1S/C12H20.C8H18.C3H8.2C2H6.CH2S/c1-6-7-11(4)8-9-12(5)10(2)3;1-5-7-8(3,4)6-2;1-3-2;3*1-2/h8-9H,4,6-7H2,1-3,5H3;5-7H2,1-4H3;3H2,1-2H3;2*1-2H3;1H2/b9-8-;;;;;. The van der Waals surface area contributed by atoms with Crippen molar-refractivity contribution in [3.63, 3.8) is 0 Å². The molecule has 1 heteroatoms.